The number of morpholine rings is 1. The van der Waals surface area contributed by atoms with Crippen LogP contribution < -0.4 is 10.0 Å². The second-order valence-electron chi connectivity index (χ2n) is 5.29. The molecule has 0 saturated carbocycles. The average molecular weight is 341 g/mol. The van der Waals surface area contributed by atoms with Crippen LogP contribution in [0.1, 0.15) is 17.3 Å². The molecule has 1 aromatic rings. The van der Waals surface area contributed by atoms with Gasteiger partial charge in [0.25, 0.3) is 5.91 Å². The lowest BCUT2D eigenvalue weighted by Gasteiger charge is -2.26. The fraction of sp³-hybridized carbons (Fsp3) is 0.533. The number of carbonyl (C=O) groups is 1. The summed E-state index contributed by atoms with van der Waals surface area (Å²) in [4.78, 5) is 14.3. The highest BCUT2D eigenvalue weighted by Crippen LogP contribution is 2.11. The second-order valence-corrected chi connectivity index (χ2v) is 7.30. The fourth-order valence-corrected chi connectivity index (χ4v) is 2.84. The topological polar surface area (TPSA) is 87.7 Å². The van der Waals surface area contributed by atoms with Crippen molar-refractivity contribution in [2.75, 3.05) is 49.9 Å². The highest BCUT2D eigenvalue weighted by atomic mass is 32.2. The van der Waals surface area contributed by atoms with Crippen LogP contribution in [0.4, 0.5) is 5.69 Å². The molecule has 0 spiro atoms. The van der Waals surface area contributed by atoms with E-state index in [0.717, 1.165) is 32.8 Å². The second kappa shape index (κ2) is 8.28. The summed E-state index contributed by atoms with van der Waals surface area (Å²) in [5.74, 6) is -0.153. The summed E-state index contributed by atoms with van der Waals surface area (Å²) in [7, 11) is -3.30. The molecule has 0 bridgehead atoms. The quantitative estimate of drug-likeness (QED) is 0.754. The van der Waals surface area contributed by atoms with E-state index in [4.69, 9.17) is 4.74 Å². The molecule has 1 amide bonds. The number of benzene rings is 1. The van der Waals surface area contributed by atoms with Crippen molar-refractivity contribution in [1.82, 2.24) is 10.2 Å². The van der Waals surface area contributed by atoms with Crippen LogP contribution >= 0.6 is 0 Å². The number of sulfonamides is 1. The number of nitrogens with zero attached hydrogens (tertiary/aromatic N) is 1. The molecule has 0 unspecified atom stereocenters. The summed E-state index contributed by atoms with van der Waals surface area (Å²) >= 11 is 0. The number of anilines is 1. The standard InChI is InChI=1S/C15H23N3O4S/c1-2-23(20,21)17-14-5-3-13(4-6-14)15(19)16-7-8-18-9-11-22-12-10-18/h3-6,17H,2,7-12H2,1H3,(H,16,19). The van der Waals surface area contributed by atoms with Crippen molar-refractivity contribution >= 4 is 21.6 Å². The zero-order chi connectivity index (χ0) is 16.7. The summed E-state index contributed by atoms with van der Waals surface area (Å²) in [6.45, 7) is 6.20. The Morgan fingerprint density at radius 1 is 1.22 bits per heavy atom. The monoisotopic (exact) mass is 341 g/mol. The molecule has 7 nitrogen and oxygen atoms in total. The molecule has 23 heavy (non-hydrogen) atoms. The van der Waals surface area contributed by atoms with Crippen LogP contribution in [0.3, 0.4) is 0 Å². The van der Waals surface area contributed by atoms with E-state index in [2.05, 4.69) is 14.9 Å². The summed E-state index contributed by atoms with van der Waals surface area (Å²) < 4.78 is 30.7. The molecule has 8 heteroatoms. The SMILES string of the molecule is CCS(=O)(=O)Nc1ccc(C(=O)NCCN2CCOCC2)cc1. The lowest BCUT2D eigenvalue weighted by atomic mass is 10.2. The molecule has 1 heterocycles. The van der Waals surface area contributed by atoms with Gasteiger partial charge in [0.05, 0.1) is 19.0 Å². The highest BCUT2D eigenvalue weighted by molar-refractivity contribution is 7.92. The third-order valence-electron chi connectivity index (χ3n) is 3.62. The van der Waals surface area contributed by atoms with E-state index in [0.29, 0.717) is 17.8 Å². The smallest absolute Gasteiger partial charge is 0.251 e. The first-order valence-electron chi connectivity index (χ1n) is 7.69. The molecule has 2 N–H and O–H groups in total. The van der Waals surface area contributed by atoms with E-state index in [1.54, 1.807) is 31.2 Å². The van der Waals surface area contributed by atoms with Crippen LogP contribution in [0.5, 0.6) is 0 Å². The van der Waals surface area contributed by atoms with Crippen molar-refractivity contribution in [3.63, 3.8) is 0 Å². The maximum absolute atomic E-state index is 12.0. The van der Waals surface area contributed by atoms with Gasteiger partial charge in [-0.1, -0.05) is 0 Å². The molecular formula is C15H23N3O4S. The Balaban J connectivity index is 1.80. The van der Waals surface area contributed by atoms with Crippen molar-refractivity contribution < 1.29 is 17.9 Å². The third-order valence-corrected chi connectivity index (χ3v) is 4.92. The number of amides is 1. The van der Waals surface area contributed by atoms with Gasteiger partial charge in [0.15, 0.2) is 0 Å². The van der Waals surface area contributed by atoms with Crippen molar-refractivity contribution in [1.29, 1.82) is 0 Å². The first-order valence-corrected chi connectivity index (χ1v) is 9.34. The minimum Gasteiger partial charge on any atom is -0.379 e. The highest BCUT2D eigenvalue weighted by Gasteiger charge is 2.11. The number of rotatable bonds is 7. The van der Waals surface area contributed by atoms with Crippen LogP contribution in [0.15, 0.2) is 24.3 Å². The maximum Gasteiger partial charge on any atom is 0.251 e. The van der Waals surface area contributed by atoms with Crippen LogP contribution in [-0.2, 0) is 14.8 Å². The predicted octanol–water partition coefficient (Wildman–Crippen LogP) is 0.510. The van der Waals surface area contributed by atoms with Crippen molar-refractivity contribution in [3.8, 4) is 0 Å². The van der Waals surface area contributed by atoms with Gasteiger partial charge in [-0.3, -0.25) is 14.4 Å². The van der Waals surface area contributed by atoms with Gasteiger partial charge in [-0.2, -0.15) is 0 Å². The van der Waals surface area contributed by atoms with Gasteiger partial charge in [-0.05, 0) is 31.2 Å². The number of ether oxygens (including phenoxy) is 1. The Labute approximate surface area is 137 Å². The van der Waals surface area contributed by atoms with Gasteiger partial charge in [-0.25, -0.2) is 8.42 Å². The zero-order valence-corrected chi connectivity index (χ0v) is 14.1. The maximum atomic E-state index is 12.0. The molecule has 1 saturated heterocycles. The fourth-order valence-electron chi connectivity index (χ4n) is 2.20. The van der Waals surface area contributed by atoms with E-state index in [1.807, 2.05) is 0 Å². The van der Waals surface area contributed by atoms with Crippen LogP contribution in [0.2, 0.25) is 0 Å². The van der Waals surface area contributed by atoms with Gasteiger partial charge < -0.3 is 10.1 Å². The van der Waals surface area contributed by atoms with Gasteiger partial charge in [-0.15, -0.1) is 0 Å². The van der Waals surface area contributed by atoms with Crippen LogP contribution in [-0.4, -0.2) is 64.4 Å². The Morgan fingerprint density at radius 3 is 2.48 bits per heavy atom. The summed E-state index contributed by atoms with van der Waals surface area (Å²) in [6.07, 6.45) is 0. The Hall–Kier alpha value is -1.64. The Kier molecular flexibility index (Phi) is 6.37. The van der Waals surface area contributed by atoms with Crippen LogP contribution in [0, 0.1) is 0 Å². The summed E-state index contributed by atoms with van der Waals surface area (Å²) in [5, 5.41) is 2.87. The number of carbonyl (C=O) groups excluding carboxylic acids is 1. The molecule has 2 rings (SSSR count). The summed E-state index contributed by atoms with van der Waals surface area (Å²) in [6, 6.07) is 6.39. The number of nitrogens with one attached hydrogen (secondary N) is 2. The van der Waals surface area contributed by atoms with E-state index in [-0.39, 0.29) is 11.7 Å². The minimum absolute atomic E-state index is 0.0107. The van der Waals surface area contributed by atoms with Crippen LogP contribution in [0.25, 0.3) is 0 Å². The molecule has 0 radical (unpaired) electrons. The van der Waals surface area contributed by atoms with Gasteiger partial charge in [0.2, 0.25) is 10.0 Å². The van der Waals surface area contributed by atoms with Gasteiger partial charge in [0.1, 0.15) is 0 Å². The number of hydrogen-bond acceptors (Lipinski definition) is 5. The molecule has 1 aliphatic heterocycles. The van der Waals surface area contributed by atoms with Crippen molar-refractivity contribution in [3.05, 3.63) is 29.8 Å². The normalized spacial score (nSPS) is 16.0. The average Bonchev–Trinajstić information content (AvgIpc) is 2.56. The largest absolute Gasteiger partial charge is 0.379 e. The Bertz CT molecular complexity index is 610. The van der Waals surface area contributed by atoms with Crippen molar-refractivity contribution in [2.45, 2.75) is 6.92 Å². The molecule has 128 valence electrons. The molecular weight excluding hydrogens is 318 g/mol. The predicted molar refractivity (Wildman–Crippen MR) is 89.1 cm³/mol. The first kappa shape index (κ1) is 17.7. The molecule has 0 aliphatic carbocycles. The van der Waals surface area contributed by atoms with E-state index in [9.17, 15) is 13.2 Å². The molecule has 1 aromatic carbocycles. The first-order chi connectivity index (χ1) is 11.0. The molecule has 0 atom stereocenters. The molecule has 1 aliphatic rings. The lowest BCUT2D eigenvalue weighted by Crippen LogP contribution is -2.41. The van der Waals surface area contributed by atoms with Gasteiger partial charge in [0, 0.05) is 37.4 Å². The van der Waals surface area contributed by atoms with Crippen molar-refractivity contribution in [2.24, 2.45) is 0 Å². The van der Waals surface area contributed by atoms with E-state index in [1.165, 1.54) is 0 Å². The zero-order valence-electron chi connectivity index (χ0n) is 13.2. The Morgan fingerprint density at radius 2 is 1.87 bits per heavy atom. The molecule has 0 aromatic heterocycles. The number of hydrogen-bond donors (Lipinski definition) is 2. The van der Waals surface area contributed by atoms with E-state index >= 15 is 0 Å². The summed E-state index contributed by atoms with van der Waals surface area (Å²) in [5.41, 5.74) is 0.961. The lowest BCUT2D eigenvalue weighted by molar-refractivity contribution is 0.0383. The minimum atomic E-state index is -3.30. The third kappa shape index (κ3) is 5.81. The van der Waals surface area contributed by atoms with E-state index < -0.39 is 10.0 Å². The van der Waals surface area contributed by atoms with Gasteiger partial charge >= 0.3 is 0 Å². The molecule has 1 fully saturated rings.